The van der Waals surface area contributed by atoms with Gasteiger partial charge in [0.2, 0.25) is 10.0 Å². The molecule has 146 valence electrons. The molecule has 0 amide bonds. The number of halogens is 4. The molecule has 1 saturated heterocycles. The van der Waals surface area contributed by atoms with Crippen LogP contribution in [0.2, 0.25) is 5.02 Å². The quantitative estimate of drug-likeness (QED) is 0.755. The number of nitrogens with zero attached hydrogens (tertiary/aromatic N) is 2. The van der Waals surface area contributed by atoms with Crippen molar-refractivity contribution in [1.82, 2.24) is 9.21 Å². The second-order valence-corrected chi connectivity index (χ2v) is 8.71. The van der Waals surface area contributed by atoms with Gasteiger partial charge in [0, 0.05) is 19.6 Å². The smallest absolute Gasteiger partial charge is 0.303 e. The fraction of sp³-hybridized carbons (Fsp3) is 0.333. The van der Waals surface area contributed by atoms with E-state index in [9.17, 15) is 21.6 Å². The Hall–Kier alpha value is -1.61. The molecule has 4 nitrogen and oxygen atoms in total. The van der Waals surface area contributed by atoms with Crippen molar-refractivity contribution in [2.24, 2.45) is 0 Å². The summed E-state index contributed by atoms with van der Waals surface area (Å²) >= 11 is 5.99. The molecule has 0 spiro atoms. The zero-order valence-electron chi connectivity index (χ0n) is 14.4. The molecule has 0 bridgehead atoms. The third kappa shape index (κ3) is 4.13. The molecule has 0 saturated carbocycles. The molecule has 9 heteroatoms. The Balaban J connectivity index is 2.07. The van der Waals surface area contributed by atoms with Crippen molar-refractivity contribution in [2.75, 3.05) is 26.7 Å². The second-order valence-electron chi connectivity index (χ2n) is 6.45. The monoisotopic (exact) mass is 418 g/mol. The van der Waals surface area contributed by atoms with Gasteiger partial charge < -0.3 is 4.90 Å². The van der Waals surface area contributed by atoms with Gasteiger partial charge in [0.25, 0.3) is 0 Å². The molecule has 27 heavy (non-hydrogen) atoms. The summed E-state index contributed by atoms with van der Waals surface area (Å²) in [5, 5.41) is -0.228. The highest BCUT2D eigenvalue weighted by Crippen LogP contribution is 2.37. The van der Waals surface area contributed by atoms with Crippen molar-refractivity contribution in [3.63, 3.8) is 0 Å². The molecule has 2 aromatic rings. The molecule has 1 heterocycles. The highest BCUT2D eigenvalue weighted by molar-refractivity contribution is 7.89. The molecule has 1 aliphatic heterocycles. The number of benzene rings is 2. The van der Waals surface area contributed by atoms with Gasteiger partial charge in [0.05, 0.1) is 16.6 Å². The number of hydrogen-bond donors (Lipinski definition) is 0. The number of piperazine rings is 1. The maximum Gasteiger partial charge on any atom is 0.416 e. The Morgan fingerprint density at radius 3 is 2.37 bits per heavy atom. The normalized spacial score (nSPS) is 20.0. The molecular formula is C18H18ClF3N2O2S. The van der Waals surface area contributed by atoms with Crippen molar-refractivity contribution in [2.45, 2.75) is 17.1 Å². The lowest BCUT2D eigenvalue weighted by Gasteiger charge is -2.39. The lowest BCUT2D eigenvalue weighted by Crippen LogP contribution is -2.49. The molecule has 3 rings (SSSR count). The standard InChI is InChI=1S/C18H18ClF3N2O2S/c1-23-9-10-24(16(12-23)13-5-3-2-4-6-13)27(25,26)17-11-14(18(20,21)22)7-8-15(17)19/h2-8,11,16H,9-10,12H2,1H3. The molecule has 1 aliphatic rings. The molecule has 0 aromatic heterocycles. The molecule has 0 N–H and O–H groups in total. The van der Waals surface area contributed by atoms with E-state index in [4.69, 9.17) is 11.6 Å². The van der Waals surface area contributed by atoms with Gasteiger partial charge in [0.15, 0.2) is 0 Å². The summed E-state index contributed by atoms with van der Waals surface area (Å²) in [5.74, 6) is 0. The minimum Gasteiger partial charge on any atom is -0.303 e. The van der Waals surface area contributed by atoms with Crippen molar-refractivity contribution in [3.05, 3.63) is 64.7 Å². The van der Waals surface area contributed by atoms with Crippen molar-refractivity contribution in [3.8, 4) is 0 Å². The predicted octanol–water partition coefficient (Wildman–Crippen LogP) is 4.04. The zero-order chi connectivity index (χ0) is 19.8. The van der Waals surface area contributed by atoms with Gasteiger partial charge in [-0.3, -0.25) is 0 Å². The molecule has 1 atom stereocenters. The molecule has 0 radical (unpaired) electrons. The molecule has 1 fully saturated rings. The lowest BCUT2D eigenvalue weighted by atomic mass is 10.1. The topological polar surface area (TPSA) is 40.6 Å². The zero-order valence-corrected chi connectivity index (χ0v) is 16.0. The third-order valence-corrected chi connectivity index (χ3v) is 6.95. The van der Waals surface area contributed by atoms with Gasteiger partial charge in [-0.25, -0.2) is 8.42 Å². The van der Waals surface area contributed by atoms with Gasteiger partial charge in [-0.15, -0.1) is 0 Å². The molecule has 2 aromatic carbocycles. The largest absolute Gasteiger partial charge is 0.416 e. The number of hydrogen-bond acceptors (Lipinski definition) is 3. The van der Waals surface area contributed by atoms with E-state index in [1.807, 2.05) is 18.0 Å². The van der Waals surface area contributed by atoms with E-state index in [1.54, 1.807) is 24.3 Å². The molecule has 0 aliphatic carbocycles. The number of rotatable bonds is 3. The van der Waals surface area contributed by atoms with Crippen LogP contribution in [0.15, 0.2) is 53.4 Å². The van der Waals surface area contributed by atoms with Gasteiger partial charge in [-0.1, -0.05) is 41.9 Å². The highest BCUT2D eigenvalue weighted by Gasteiger charge is 2.39. The van der Waals surface area contributed by atoms with Crippen LogP contribution in [0.3, 0.4) is 0 Å². The minimum atomic E-state index is -4.66. The van der Waals surface area contributed by atoms with E-state index < -0.39 is 32.7 Å². The van der Waals surface area contributed by atoms with Crippen LogP contribution >= 0.6 is 11.6 Å². The average molecular weight is 419 g/mol. The maximum absolute atomic E-state index is 13.2. The number of alkyl halides is 3. The van der Waals surface area contributed by atoms with Crippen LogP contribution in [0.1, 0.15) is 17.2 Å². The fourth-order valence-electron chi connectivity index (χ4n) is 3.14. The summed E-state index contributed by atoms with van der Waals surface area (Å²) < 4.78 is 66.9. The highest BCUT2D eigenvalue weighted by atomic mass is 35.5. The summed E-state index contributed by atoms with van der Waals surface area (Å²) in [6.07, 6.45) is -4.66. The second kappa shape index (κ2) is 7.43. The summed E-state index contributed by atoms with van der Waals surface area (Å²) in [6.45, 7) is 1.06. The summed E-state index contributed by atoms with van der Waals surface area (Å²) in [4.78, 5) is 1.46. The Morgan fingerprint density at radius 1 is 1.07 bits per heavy atom. The Bertz CT molecular complexity index is 920. The van der Waals surface area contributed by atoms with Crippen LogP contribution in [0.4, 0.5) is 13.2 Å². The minimum absolute atomic E-state index is 0.158. The maximum atomic E-state index is 13.2. The van der Waals surface area contributed by atoms with Crippen LogP contribution in [0.25, 0.3) is 0 Å². The first-order valence-electron chi connectivity index (χ1n) is 8.23. The van der Waals surface area contributed by atoms with Crippen molar-refractivity contribution in [1.29, 1.82) is 0 Å². The van der Waals surface area contributed by atoms with Crippen LogP contribution in [-0.4, -0.2) is 44.3 Å². The first kappa shape index (κ1) is 20.1. The Morgan fingerprint density at radius 2 is 1.74 bits per heavy atom. The van der Waals surface area contributed by atoms with Crippen LogP contribution in [0.5, 0.6) is 0 Å². The van der Waals surface area contributed by atoms with Crippen LogP contribution < -0.4 is 0 Å². The first-order valence-corrected chi connectivity index (χ1v) is 10.0. The summed E-state index contributed by atoms with van der Waals surface area (Å²) in [7, 11) is -2.35. The van der Waals surface area contributed by atoms with Gasteiger partial charge in [0.1, 0.15) is 4.90 Å². The van der Waals surface area contributed by atoms with Crippen LogP contribution in [-0.2, 0) is 16.2 Å². The van der Waals surface area contributed by atoms with Crippen molar-refractivity contribution < 1.29 is 21.6 Å². The number of sulfonamides is 1. The number of likely N-dealkylation sites (N-methyl/N-ethyl adjacent to an activating group) is 1. The van der Waals surface area contributed by atoms with E-state index in [0.717, 1.165) is 17.7 Å². The molecule has 1 unspecified atom stereocenters. The van der Waals surface area contributed by atoms with Crippen molar-refractivity contribution >= 4 is 21.6 Å². The van der Waals surface area contributed by atoms with Gasteiger partial charge >= 0.3 is 6.18 Å². The lowest BCUT2D eigenvalue weighted by molar-refractivity contribution is -0.137. The first-order chi connectivity index (χ1) is 12.6. The van der Waals surface area contributed by atoms with E-state index in [1.165, 1.54) is 4.31 Å². The summed E-state index contributed by atoms with van der Waals surface area (Å²) in [5.41, 5.74) is -0.272. The average Bonchev–Trinajstić information content (AvgIpc) is 2.61. The summed E-state index contributed by atoms with van der Waals surface area (Å²) in [6, 6.07) is 10.9. The van der Waals surface area contributed by atoms with E-state index >= 15 is 0 Å². The van der Waals surface area contributed by atoms with Crippen LogP contribution in [0, 0.1) is 0 Å². The predicted molar refractivity (Wildman–Crippen MR) is 97.0 cm³/mol. The Labute approximate surface area is 161 Å². The third-order valence-electron chi connectivity index (χ3n) is 4.56. The Kier molecular flexibility index (Phi) is 5.54. The fourth-order valence-corrected chi connectivity index (χ4v) is 5.24. The van der Waals surface area contributed by atoms with E-state index in [0.29, 0.717) is 19.2 Å². The van der Waals surface area contributed by atoms with Gasteiger partial charge in [-0.2, -0.15) is 17.5 Å². The molecular weight excluding hydrogens is 401 g/mol. The van der Waals surface area contributed by atoms with Gasteiger partial charge in [-0.05, 0) is 30.8 Å². The van der Waals surface area contributed by atoms with E-state index in [-0.39, 0.29) is 11.6 Å². The van der Waals surface area contributed by atoms with E-state index in [2.05, 4.69) is 0 Å². The SMILES string of the molecule is CN1CCN(S(=O)(=O)c2cc(C(F)(F)F)ccc2Cl)C(c2ccccc2)C1.